The van der Waals surface area contributed by atoms with E-state index >= 15 is 0 Å². The van der Waals surface area contributed by atoms with Crippen molar-refractivity contribution >= 4 is 17.6 Å². The van der Waals surface area contributed by atoms with Crippen LogP contribution in [0.4, 0.5) is 5.82 Å². The Balaban J connectivity index is 2.93. The van der Waals surface area contributed by atoms with Crippen LogP contribution in [0.5, 0.6) is 0 Å². The highest BCUT2D eigenvalue weighted by Crippen LogP contribution is 2.27. The Kier molecular flexibility index (Phi) is 4.99. The van der Waals surface area contributed by atoms with Crippen molar-refractivity contribution in [1.82, 2.24) is 14.9 Å². The lowest BCUT2D eigenvalue weighted by atomic mass is 9.95. The second-order valence-corrected chi connectivity index (χ2v) is 6.85. The maximum absolute atomic E-state index is 5.97. The lowest BCUT2D eigenvalue weighted by molar-refractivity contribution is 0.437. The van der Waals surface area contributed by atoms with E-state index in [9.17, 15) is 0 Å². The van der Waals surface area contributed by atoms with Crippen LogP contribution in [0.15, 0.2) is 5.03 Å². The zero-order chi connectivity index (χ0) is 13.9. The van der Waals surface area contributed by atoms with E-state index in [1.54, 1.807) is 11.8 Å². The molecule has 0 fully saturated rings. The van der Waals surface area contributed by atoms with E-state index in [1.165, 1.54) is 0 Å². The monoisotopic (exact) mass is 268 g/mol. The quantitative estimate of drug-likeness (QED) is 0.671. The van der Waals surface area contributed by atoms with Gasteiger partial charge >= 0.3 is 0 Å². The van der Waals surface area contributed by atoms with E-state index in [-0.39, 0.29) is 5.41 Å². The number of anilines is 1. The Hall–Kier alpha value is -0.810. The Bertz CT molecular complexity index is 410. The molecule has 0 aliphatic rings. The molecule has 1 aromatic heterocycles. The molecule has 0 saturated heterocycles. The Morgan fingerprint density at radius 1 is 1.22 bits per heavy atom. The number of aromatic nitrogens is 2. The van der Waals surface area contributed by atoms with Crippen LogP contribution in [-0.2, 0) is 5.41 Å². The normalized spacial score (nSPS) is 12.2. The third-order valence-electron chi connectivity index (χ3n) is 2.59. The van der Waals surface area contributed by atoms with Gasteiger partial charge in [0.05, 0.1) is 0 Å². The molecule has 2 N–H and O–H groups in total. The van der Waals surface area contributed by atoms with Gasteiger partial charge in [-0.1, -0.05) is 20.8 Å². The predicted octanol–water partition coefficient (Wildman–Crippen LogP) is 2.32. The summed E-state index contributed by atoms with van der Waals surface area (Å²) in [6, 6.07) is 0. The van der Waals surface area contributed by atoms with Crippen molar-refractivity contribution in [3.8, 4) is 0 Å². The molecule has 1 aromatic rings. The number of thioether (sulfide) groups is 1. The third kappa shape index (κ3) is 4.14. The third-order valence-corrected chi connectivity index (χ3v) is 3.64. The lowest BCUT2D eigenvalue weighted by Crippen LogP contribution is -2.19. The summed E-state index contributed by atoms with van der Waals surface area (Å²) >= 11 is 1.75. The molecule has 0 spiro atoms. The predicted molar refractivity (Wildman–Crippen MR) is 79.2 cm³/mol. The zero-order valence-electron chi connectivity index (χ0n) is 12.2. The average Bonchev–Trinajstić information content (AvgIpc) is 2.22. The SMILES string of the molecule is Cc1c(N)nc(C(C)(C)C)nc1SCCN(C)C. The first-order chi connectivity index (χ1) is 8.21. The van der Waals surface area contributed by atoms with Gasteiger partial charge in [-0.3, -0.25) is 0 Å². The van der Waals surface area contributed by atoms with E-state index < -0.39 is 0 Å². The van der Waals surface area contributed by atoms with E-state index in [4.69, 9.17) is 5.73 Å². The molecule has 0 atom stereocenters. The van der Waals surface area contributed by atoms with E-state index in [0.717, 1.165) is 28.7 Å². The van der Waals surface area contributed by atoms with Crippen molar-refractivity contribution < 1.29 is 0 Å². The summed E-state index contributed by atoms with van der Waals surface area (Å²) < 4.78 is 0. The van der Waals surface area contributed by atoms with Crippen LogP contribution >= 0.6 is 11.8 Å². The minimum Gasteiger partial charge on any atom is -0.383 e. The van der Waals surface area contributed by atoms with Gasteiger partial charge in [0, 0.05) is 23.3 Å². The number of rotatable bonds is 4. The minimum absolute atomic E-state index is 0.0708. The minimum atomic E-state index is -0.0708. The van der Waals surface area contributed by atoms with Gasteiger partial charge < -0.3 is 10.6 Å². The second-order valence-electron chi connectivity index (χ2n) is 5.76. The molecule has 0 aliphatic heterocycles. The molecule has 102 valence electrons. The fourth-order valence-corrected chi connectivity index (χ4v) is 2.44. The molecule has 18 heavy (non-hydrogen) atoms. The maximum atomic E-state index is 5.97. The van der Waals surface area contributed by atoms with Crippen LogP contribution in [0.25, 0.3) is 0 Å². The van der Waals surface area contributed by atoms with Gasteiger partial charge in [-0.25, -0.2) is 9.97 Å². The van der Waals surface area contributed by atoms with Gasteiger partial charge in [0.25, 0.3) is 0 Å². The zero-order valence-corrected chi connectivity index (χ0v) is 13.1. The average molecular weight is 268 g/mol. The topological polar surface area (TPSA) is 55.0 Å². The molecule has 0 bridgehead atoms. The van der Waals surface area contributed by atoms with Crippen molar-refractivity contribution in [2.24, 2.45) is 0 Å². The molecule has 0 amide bonds. The number of nitrogen functional groups attached to an aromatic ring is 1. The number of hydrogen-bond donors (Lipinski definition) is 1. The van der Waals surface area contributed by atoms with E-state index in [2.05, 4.69) is 49.7 Å². The van der Waals surface area contributed by atoms with E-state index in [1.807, 2.05) is 6.92 Å². The van der Waals surface area contributed by atoms with Crippen LogP contribution in [0.1, 0.15) is 32.2 Å². The first-order valence-electron chi connectivity index (χ1n) is 6.14. The molecule has 1 heterocycles. The summed E-state index contributed by atoms with van der Waals surface area (Å²) in [5.74, 6) is 2.42. The van der Waals surface area contributed by atoms with Gasteiger partial charge in [0.15, 0.2) is 0 Å². The summed E-state index contributed by atoms with van der Waals surface area (Å²) in [6.45, 7) is 9.32. The summed E-state index contributed by atoms with van der Waals surface area (Å²) in [5.41, 5.74) is 6.90. The van der Waals surface area contributed by atoms with Crippen LogP contribution < -0.4 is 5.73 Å². The smallest absolute Gasteiger partial charge is 0.137 e. The molecule has 0 aliphatic carbocycles. The highest BCUT2D eigenvalue weighted by Gasteiger charge is 2.20. The second kappa shape index (κ2) is 5.89. The Morgan fingerprint density at radius 2 is 1.83 bits per heavy atom. The first kappa shape index (κ1) is 15.2. The summed E-state index contributed by atoms with van der Waals surface area (Å²) in [6.07, 6.45) is 0. The van der Waals surface area contributed by atoms with Gasteiger partial charge in [-0.15, -0.1) is 11.8 Å². The first-order valence-corrected chi connectivity index (χ1v) is 7.12. The highest BCUT2D eigenvalue weighted by atomic mass is 32.2. The van der Waals surface area contributed by atoms with Crippen molar-refractivity contribution in [2.75, 3.05) is 32.1 Å². The van der Waals surface area contributed by atoms with Crippen molar-refractivity contribution in [3.63, 3.8) is 0 Å². The molecule has 0 aromatic carbocycles. The standard InChI is InChI=1S/C13H24N4S/c1-9-10(14)15-12(13(2,3)4)16-11(9)18-8-7-17(5)6/h7-8H2,1-6H3,(H2,14,15,16). The molecule has 1 rings (SSSR count). The molecular formula is C13H24N4S. The van der Waals surface area contributed by atoms with Crippen molar-refractivity contribution in [3.05, 3.63) is 11.4 Å². The highest BCUT2D eigenvalue weighted by molar-refractivity contribution is 7.99. The molecule has 0 unspecified atom stereocenters. The molecule has 5 heteroatoms. The maximum Gasteiger partial charge on any atom is 0.137 e. The van der Waals surface area contributed by atoms with Crippen LogP contribution in [-0.4, -0.2) is 41.3 Å². The van der Waals surface area contributed by atoms with Crippen molar-refractivity contribution in [2.45, 2.75) is 38.1 Å². The number of nitrogens with zero attached hydrogens (tertiary/aromatic N) is 3. The molecular weight excluding hydrogens is 244 g/mol. The van der Waals surface area contributed by atoms with Gasteiger partial charge in [-0.2, -0.15) is 0 Å². The summed E-state index contributed by atoms with van der Waals surface area (Å²) in [4.78, 5) is 11.2. The fourth-order valence-electron chi connectivity index (χ4n) is 1.31. The number of hydrogen-bond acceptors (Lipinski definition) is 5. The Morgan fingerprint density at radius 3 is 2.33 bits per heavy atom. The molecule has 0 saturated carbocycles. The van der Waals surface area contributed by atoms with E-state index in [0.29, 0.717) is 5.82 Å². The Labute approximate surface area is 114 Å². The van der Waals surface area contributed by atoms with Crippen LogP contribution in [0.2, 0.25) is 0 Å². The van der Waals surface area contributed by atoms with Crippen LogP contribution in [0, 0.1) is 6.92 Å². The largest absolute Gasteiger partial charge is 0.383 e. The van der Waals surface area contributed by atoms with Crippen molar-refractivity contribution in [1.29, 1.82) is 0 Å². The summed E-state index contributed by atoms with van der Waals surface area (Å²) in [5, 5.41) is 1.01. The summed E-state index contributed by atoms with van der Waals surface area (Å²) in [7, 11) is 4.14. The van der Waals surface area contributed by atoms with Gasteiger partial charge in [-0.05, 0) is 21.0 Å². The molecule has 4 nitrogen and oxygen atoms in total. The van der Waals surface area contributed by atoms with Crippen LogP contribution in [0.3, 0.4) is 0 Å². The lowest BCUT2D eigenvalue weighted by Gasteiger charge is -2.19. The van der Waals surface area contributed by atoms with Gasteiger partial charge in [0.2, 0.25) is 0 Å². The fraction of sp³-hybridized carbons (Fsp3) is 0.692. The number of nitrogens with two attached hydrogens (primary N) is 1. The molecule has 0 radical (unpaired) electrons. The van der Waals surface area contributed by atoms with Gasteiger partial charge in [0.1, 0.15) is 16.7 Å².